The third-order valence-electron chi connectivity index (χ3n) is 5.25. The maximum absolute atomic E-state index is 14.4. The van der Waals surface area contributed by atoms with E-state index in [1.807, 2.05) is 11.1 Å². The molecule has 6 nitrogen and oxygen atoms in total. The van der Waals surface area contributed by atoms with Crippen LogP contribution in [0.2, 0.25) is 0 Å². The van der Waals surface area contributed by atoms with E-state index in [9.17, 15) is 8.78 Å². The Labute approximate surface area is 173 Å². The number of hydrogen-bond donors (Lipinski definition) is 1. The van der Waals surface area contributed by atoms with E-state index in [-0.39, 0.29) is 17.4 Å². The van der Waals surface area contributed by atoms with Gasteiger partial charge in [0.05, 0.1) is 25.4 Å². The van der Waals surface area contributed by atoms with Gasteiger partial charge in [0, 0.05) is 23.7 Å². The summed E-state index contributed by atoms with van der Waals surface area (Å²) in [6.45, 7) is 1.42. The number of rotatable bonds is 4. The number of nitriles is 1. The normalized spacial score (nSPS) is 16.4. The summed E-state index contributed by atoms with van der Waals surface area (Å²) in [5, 5.41) is 15.7. The van der Waals surface area contributed by atoms with Gasteiger partial charge in [-0.05, 0) is 48.7 Å². The van der Waals surface area contributed by atoms with Crippen LogP contribution in [0.15, 0.2) is 42.6 Å². The predicted octanol–water partition coefficient (Wildman–Crippen LogP) is 3.43. The molecule has 2 N–H and O–H groups in total. The summed E-state index contributed by atoms with van der Waals surface area (Å²) >= 11 is 0. The van der Waals surface area contributed by atoms with Crippen LogP contribution in [0, 0.1) is 23.0 Å². The van der Waals surface area contributed by atoms with Gasteiger partial charge in [-0.25, -0.2) is 8.78 Å². The number of benzene rings is 2. The minimum Gasteiger partial charge on any atom is -0.494 e. The van der Waals surface area contributed by atoms with Crippen LogP contribution in [0.5, 0.6) is 5.75 Å². The lowest BCUT2D eigenvalue weighted by molar-refractivity contribution is 0.386. The fourth-order valence-electron chi connectivity index (χ4n) is 3.69. The molecule has 2 heterocycles. The molecule has 0 unspecified atom stereocenters. The van der Waals surface area contributed by atoms with Crippen LogP contribution in [0.4, 0.5) is 8.78 Å². The number of halogens is 2. The quantitative estimate of drug-likeness (QED) is 0.714. The summed E-state index contributed by atoms with van der Waals surface area (Å²) < 4.78 is 33.7. The molecule has 4 rings (SSSR count). The zero-order valence-electron chi connectivity index (χ0n) is 16.5. The molecule has 0 saturated carbocycles. The van der Waals surface area contributed by atoms with Crippen molar-refractivity contribution in [2.75, 3.05) is 25.2 Å². The lowest BCUT2D eigenvalue weighted by Gasteiger charge is -2.31. The lowest BCUT2D eigenvalue weighted by Crippen LogP contribution is -2.48. The number of aromatic nitrogens is 2. The van der Waals surface area contributed by atoms with Gasteiger partial charge in [-0.1, -0.05) is 6.07 Å². The van der Waals surface area contributed by atoms with Crippen LogP contribution in [-0.4, -0.2) is 36.1 Å². The first kappa shape index (κ1) is 19.9. The van der Waals surface area contributed by atoms with Gasteiger partial charge >= 0.3 is 0 Å². The average Bonchev–Trinajstić information content (AvgIpc) is 3.19. The Morgan fingerprint density at radius 2 is 1.93 bits per heavy atom. The summed E-state index contributed by atoms with van der Waals surface area (Å²) in [6.07, 6.45) is 3.67. The molecule has 0 radical (unpaired) electrons. The van der Waals surface area contributed by atoms with Gasteiger partial charge in [0.15, 0.2) is 11.6 Å². The van der Waals surface area contributed by atoms with Gasteiger partial charge in [-0.3, -0.25) is 5.01 Å². The van der Waals surface area contributed by atoms with E-state index in [4.69, 9.17) is 15.7 Å². The Kier molecular flexibility index (Phi) is 5.38. The zero-order valence-corrected chi connectivity index (χ0v) is 16.5. The minimum atomic E-state index is -0.616. The third kappa shape index (κ3) is 3.72. The van der Waals surface area contributed by atoms with E-state index in [0.717, 1.165) is 19.4 Å². The largest absolute Gasteiger partial charge is 0.494 e. The standard InChI is InChI=1S/C22H21F2N5O/c1-30-21-7-6-15(10-20(21)24)22-18(14-4-5-16(11-25)19(23)9-14)13-29(27-22)28-8-2-3-17(26)12-28/h4-7,9-10,13,17H,2-3,8,12,26H2,1H3/t17-/m1/s1. The van der Waals surface area contributed by atoms with Gasteiger partial charge in [0.1, 0.15) is 17.6 Å². The van der Waals surface area contributed by atoms with Crippen molar-refractivity contribution in [2.45, 2.75) is 18.9 Å². The number of methoxy groups -OCH3 is 1. The Bertz CT molecular complexity index is 1120. The molecule has 8 heteroatoms. The maximum atomic E-state index is 14.4. The van der Waals surface area contributed by atoms with Crippen LogP contribution in [0.1, 0.15) is 18.4 Å². The molecule has 1 aliphatic heterocycles. The van der Waals surface area contributed by atoms with Crippen molar-refractivity contribution in [1.82, 2.24) is 9.89 Å². The van der Waals surface area contributed by atoms with Gasteiger partial charge < -0.3 is 10.5 Å². The molecule has 2 aromatic carbocycles. The smallest absolute Gasteiger partial charge is 0.165 e. The summed E-state index contributed by atoms with van der Waals surface area (Å²) in [5.41, 5.74) is 8.28. The number of hydrogen-bond acceptors (Lipinski definition) is 5. The highest BCUT2D eigenvalue weighted by Gasteiger charge is 2.22. The molecule has 0 amide bonds. The predicted molar refractivity (Wildman–Crippen MR) is 109 cm³/mol. The van der Waals surface area contributed by atoms with Crippen molar-refractivity contribution in [3.05, 3.63) is 59.8 Å². The topological polar surface area (TPSA) is 80.1 Å². The zero-order chi connectivity index (χ0) is 21.3. The molecule has 1 atom stereocenters. The first-order valence-electron chi connectivity index (χ1n) is 9.64. The molecular formula is C22H21F2N5O. The van der Waals surface area contributed by atoms with E-state index < -0.39 is 11.6 Å². The fourth-order valence-corrected chi connectivity index (χ4v) is 3.69. The molecule has 0 bridgehead atoms. The van der Waals surface area contributed by atoms with Gasteiger partial charge in [0.2, 0.25) is 0 Å². The van der Waals surface area contributed by atoms with Crippen molar-refractivity contribution in [3.8, 4) is 34.2 Å². The Hall–Kier alpha value is -3.44. The van der Waals surface area contributed by atoms with E-state index in [2.05, 4.69) is 5.10 Å². The molecule has 1 saturated heterocycles. The van der Waals surface area contributed by atoms with Crippen LogP contribution in [0.25, 0.3) is 22.4 Å². The molecule has 3 aromatic rings. The SMILES string of the molecule is COc1ccc(-c2nn(N3CCC[C@@H](N)C3)cc2-c2ccc(C#N)c(F)c2)cc1F. The van der Waals surface area contributed by atoms with Crippen molar-refractivity contribution < 1.29 is 13.5 Å². The molecule has 0 spiro atoms. The number of ether oxygens (including phenoxy) is 1. The highest BCUT2D eigenvalue weighted by atomic mass is 19.1. The first-order chi connectivity index (χ1) is 14.5. The Balaban J connectivity index is 1.84. The monoisotopic (exact) mass is 409 g/mol. The first-order valence-corrected chi connectivity index (χ1v) is 9.64. The maximum Gasteiger partial charge on any atom is 0.165 e. The van der Waals surface area contributed by atoms with Crippen molar-refractivity contribution >= 4 is 0 Å². The van der Waals surface area contributed by atoms with Crippen LogP contribution in [0.3, 0.4) is 0 Å². The highest BCUT2D eigenvalue weighted by molar-refractivity contribution is 5.81. The minimum absolute atomic E-state index is 0.0369. The van der Waals surface area contributed by atoms with Crippen molar-refractivity contribution in [2.24, 2.45) is 5.73 Å². The second kappa shape index (κ2) is 8.13. The molecule has 1 aromatic heterocycles. The van der Waals surface area contributed by atoms with Crippen molar-refractivity contribution in [3.63, 3.8) is 0 Å². The molecule has 154 valence electrons. The van der Waals surface area contributed by atoms with Crippen LogP contribution in [-0.2, 0) is 0 Å². The lowest BCUT2D eigenvalue weighted by atomic mass is 10.0. The molecule has 1 fully saturated rings. The van der Waals surface area contributed by atoms with Crippen LogP contribution >= 0.6 is 0 Å². The van der Waals surface area contributed by atoms with E-state index in [1.165, 1.54) is 31.4 Å². The molecule has 0 aliphatic carbocycles. The van der Waals surface area contributed by atoms with Crippen molar-refractivity contribution in [1.29, 1.82) is 5.26 Å². The molecule has 30 heavy (non-hydrogen) atoms. The molecular weight excluding hydrogens is 388 g/mol. The fraction of sp³-hybridized carbons (Fsp3) is 0.273. The summed E-state index contributed by atoms with van der Waals surface area (Å²) in [7, 11) is 1.40. The summed E-state index contributed by atoms with van der Waals surface area (Å²) in [5.74, 6) is -0.998. The van der Waals surface area contributed by atoms with Crippen LogP contribution < -0.4 is 15.5 Å². The Morgan fingerprint density at radius 3 is 2.60 bits per heavy atom. The van der Waals surface area contributed by atoms with Gasteiger partial charge in [-0.2, -0.15) is 15.2 Å². The second-order valence-corrected chi connectivity index (χ2v) is 7.28. The Morgan fingerprint density at radius 1 is 1.17 bits per heavy atom. The van der Waals surface area contributed by atoms with E-state index in [0.29, 0.717) is 28.9 Å². The number of piperidine rings is 1. The average molecular weight is 409 g/mol. The van der Waals surface area contributed by atoms with Gasteiger partial charge in [-0.15, -0.1) is 0 Å². The third-order valence-corrected chi connectivity index (χ3v) is 5.25. The number of nitrogens with zero attached hydrogens (tertiary/aromatic N) is 4. The highest BCUT2D eigenvalue weighted by Crippen LogP contribution is 2.34. The second-order valence-electron chi connectivity index (χ2n) is 7.28. The van der Waals surface area contributed by atoms with E-state index in [1.54, 1.807) is 23.1 Å². The number of nitrogens with two attached hydrogens (primary N) is 1. The molecule has 1 aliphatic rings. The summed E-state index contributed by atoms with van der Waals surface area (Å²) in [6, 6.07) is 10.8. The van der Waals surface area contributed by atoms with E-state index >= 15 is 0 Å². The van der Waals surface area contributed by atoms with Gasteiger partial charge in [0.25, 0.3) is 0 Å². The summed E-state index contributed by atoms with van der Waals surface area (Å²) in [4.78, 5) is 1.70.